The van der Waals surface area contributed by atoms with Crippen molar-refractivity contribution in [3.8, 4) is 0 Å². The minimum atomic E-state index is -0.358. The van der Waals surface area contributed by atoms with Crippen LogP contribution in [0, 0.1) is 11.3 Å². The Kier molecular flexibility index (Phi) is 10.9. The van der Waals surface area contributed by atoms with Gasteiger partial charge in [-0.25, -0.2) is 0 Å². The third kappa shape index (κ3) is 6.84. The van der Waals surface area contributed by atoms with Gasteiger partial charge in [0.1, 0.15) is 0 Å². The van der Waals surface area contributed by atoms with E-state index in [1.807, 2.05) is 0 Å². The van der Waals surface area contributed by atoms with Crippen LogP contribution in [0.3, 0.4) is 0 Å². The van der Waals surface area contributed by atoms with E-state index in [2.05, 4.69) is 10.6 Å². The van der Waals surface area contributed by atoms with E-state index in [4.69, 9.17) is 14.2 Å². The molecule has 2 rings (SSSR count). The average molecular weight is 365 g/mol. The molecule has 142 valence electrons. The highest BCUT2D eigenvalue weighted by Gasteiger charge is 2.39. The third-order valence-electron chi connectivity index (χ3n) is 4.91. The summed E-state index contributed by atoms with van der Waals surface area (Å²) < 4.78 is 16.4. The minimum Gasteiger partial charge on any atom is -0.384 e. The van der Waals surface area contributed by atoms with Gasteiger partial charge in [-0.05, 0) is 51.1 Å². The van der Waals surface area contributed by atoms with Gasteiger partial charge in [0.05, 0.1) is 12.0 Å². The summed E-state index contributed by atoms with van der Waals surface area (Å²) in [5.74, 6) is 0.767. The van der Waals surface area contributed by atoms with Crippen LogP contribution in [0.25, 0.3) is 0 Å². The molecule has 0 aliphatic carbocycles. The first-order chi connectivity index (χ1) is 11.3. The molecule has 2 N–H and O–H groups in total. The summed E-state index contributed by atoms with van der Waals surface area (Å²) in [6.07, 6.45) is 4.74. The van der Waals surface area contributed by atoms with Gasteiger partial charge < -0.3 is 24.8 Å². The fraction of sp³-hybridized carbons (Fsp3) is 0.941. The number of amides is 1. The Hall–Kier alpha value is -0.400. The summed E-state index contributed by atoms with van der Waals surface area (Å²) in [5.41, 5.74) is -0.358. The monoisotopic (exact) mass is 364 g/mol. The van der Waals surface area contributed by atoms with E-state index in [0.29, 0.717) is 25.7 Å². The van der Waals surface area contributed by atoms with E-state index in [0.717, 1.165) is 65.0 Å². The van der Waals surface area contributed by atoms with Crippen LogP contribution < -0.4 is 10.6 Å². The molecule has 2 aliphatic rings. The van der Waals surface area contributed by atoms with Crippen molar-refractivity contribution < 1.29 is 19.0 Å². The molecule has 1 amide bonds. The van der Waals surface area contributed by atoms with E-state index >= 15 is 0 Å². The zero-order chi connectivity index (χ0) is 16.4. The molecule has 0 aromatic carbocycles. The van der Waals surface area contributed by atoms with Gasteiger partial charge in [-0.2, -0.15) is 0 Å². The number of methoxy groups -OCH3 is 1. The van der Waals surface area contributed by atoms with Crippen LogP contribution in [0.1, 0.15) is 32.1 Å². The summed E-state index contributed by atoms with van der Waals surface area (Å²) in [4.78, 5) is 12.5. The topological polar surface area (TPSA) is 68.8 Å². The maximum Gasteiger partial charge on any atom is 0.228 e. The summed E-state index contributed by atoms with van der Waals surface area (Å²) in [6, 6.07) is 0. The lowest BCUT2D eigenvalue weighted by Gasteiger charge is -2.35. The number of nitrogens with one attached hydrogen (secondary N) is 2. The molecule has 0 radical (unpaired) electrons. The van der Waals surface area contributed by atoms with Crippen molar-refractivity contribution in [3.05, 3.63) is 0 Å². The van der Waals surface area contributed by atoms with Crippen molar-refractivity contribution >= 4 is 18.3 Å². The van der Waals surface area contributed by atoms with Gasteiger partial charge in [0.25, 0.3) is 0 Å². The molecule has 6 nitrogen and oxygen atoms in total. The standard InChI is InChI=1S/C17H32N2O4.ClH/c1-21-14-17(5-8-18-9-6-17)16(20)19-7-2-10-23-13-15-3-11-22-12-4-15;/h15,18H,2-14H2,1H3,(H,19,20);1H. The van der Waals surface area contributed by atoms with Crippen LogP contribution in [0.4, 0.5) is 0 Å². The lowest BCUT2D eigenvalue weighted by atomic mass is 9.78. The second kappa shape index (κ2) is 12.0. The Morgan fingerprint density at radius 1 is 1.29 bits per heavy atom. The molecule has 7 heteroatoms. The SMILES string of the molecule is COCC1(C(=O)NCCCOCC2CCOCC2)CCNCC1.Cl. The highest BCUT2D eigenvalue weighted by molar-refractivity contribution is 5.85. The Morgan fingerprint density at radius 3 is 2.67 bits per heavy atom. The highest BCUT2D eigenvalue weighted by Crippen LogP contribution is 2.29. The molecule has 0 atom stereocenters. The summed E-state index contributed by atoms with van der Waals surface area (Å²) in [6.45, 7) is 6.18. The summed E-state index contributed by atoms with van der Waals surface area (Å²) in [7, 11) is 1.67. The Balaban J connectivity index is 0.00000288. The van der Waals surface area contributed by atoms with Crippen LogP contribution in [-0.4, -0.2) is 65.7 Å². The number of piperidine rings is 1. The third-order valence-corrected chi connectivity index (χ3v) is 4.91. The van der Waals surface area contributed by atoms with Crippen molar-refractivity contribution in [3.63, 3.8) is 0 Å². The van der Waals surface area contributed by atoms with Crippen LogP contribution in [-0.2, 0) is 19.0 Å². The largest absolute Gasteiger partial charge is 0.384 e. The summed E-state index contributed by atoms with van der Waals surface area (Å²) >= 11 is 0. The van der Waals surface area contributed by atoms with Gasteiger partial charge in [-0.15, -0.1) is 12.4 Å². The van der Waals surface area contributed by atoms with Gasteiger partial charge in [0.2, 0.25) is 5.91 Å². The van der Waals surface area contributed by atoms with Gasteiger partial charge >= 0.3 is 0 Å². The molecule has 0 spiro atoms. The van der Waals surface area contributed by atoms with Crippen molar-refractivity contribution in [2.75, 3.05) is 59.8 Å². The average Bonchev–Trinajstić information content (AvgIpc) is 2.60. The molecule has 0 aromatic rings. The van der Waals surface area contributed by atoms with Gasteiger partial charge in [-0.1, -0.05) is 0 Å². The first-order valence-corrected chi connectivity index (χ1v) is 8.90. The van der Waals surface area contributed by atoms with Gasteiger partial charge in [0, 0.05) is 40.1 Å². The van der Waals surface area contributed by atoms with Crippen LogP contribution in [0.15, 0.2) is 0 Å². The molecule has 2 saturated heterocycles. The molecular formula is C17H33ClN2O4. The molecular weight excluding hydrogens is 332 g/mol. The van der Waals surface area contributed by atoms with Crippen molar-refractivity contribution in [1.29, 1.82) is 0 Å². The molecule has 0 unspecified atom stereocenters. The number of carbonyl (C=O) groups excluding carboxylic acids is 1. The quantitative estimate of drug-likeness (QED) is 0.605. The zero-order valence-electron chi connectivity index (χ0n) is 14.8. The molecule has 2 fully saturated rings. The lowest BCUT2D eigenvalue weighted by molar-refractivity contribution is -0.136. The predicted molar refractivity (Wildman–Crippen MR) is 95.6 cm³/mol. The van der Waals surface area contributed by atoms with E-state index in [-0.39, 0.29) is 23.7 Å². The Labute approximate surface area is 151 Å². The number of carbonyl (C=O) groups is 1. The molecule has 2 aliphatic heterocycles. The normalized spacial score (nSPS) is 21.0. The van der Waals surface area contributed by atoms with E-state index in [1.165, 1.54) is 0 Å². The van der Waals surface area contributed by atoms with Crippen LogP contribution in [0.2, 0.25) is 0 Å². The zero-order valence-corrected chi connectivity index (χ0v) is 15.6. The number of hydrogen-bond donors (Lipinski definition) is 2. The van der Waals surface area contributed by atoms with Crippen LogP contribution in [0.5, 0.6) is 0 Å². The summed E-state index contributed by atoms with van der Waals surface area (Å²) in [5, 5.41) is 6.37. The molecule has 0 aromatic heterocycles. The number of halogens is 1. The lowest BCUT2D eigenvalue weighted by Crippen LogP contribution is -2.50. The van der Waals surface area contributed by atoms with E-state index in [1.54, 1.807) is 7.11 Å². The van der Waals surface area contributed by atoms with Gasteiger partial charge in [0.15, 0.2) is 0 Å². The van der Waals surface area contributed by atoms with Crippen LogP contribution >= 0.6 is 12.4 Å². The second-order valence-corrected chi connectivity index (χ2v) is 6.70. The first-order valence-electron chi connectivity index (χ1n) is 8.90. The van der Waals surface area contributed by atoms with Crippen molar-refractivity contribution in [1.82, 2.24) is 10.6 Å². The first kappa shape index (κ1) is 21.6. The molecule has 24 heavy (non-hydrogen) atoms. The van der Waals surface area contributed by atoms with E-state index in [9.17, 15) is 4.79 Å². The molecule has 0 saturated carbocycles. The fourth-order valence-corrected chi connectivity index (χ4v) is 3.35. The number of ether oxygens (including phenoxy) is 3. The predicted octanol–water partition coefficient (Wildman–Crippen LogP) is 1.37. The number of hydrogen-bond acceptors (Lipinski definition) is 5. The van der Waals surface area contributed by atoms with Crippen molar-refractivity contribution in [2.45, 2.75) is 32.1 Å². The second-order valence-electron chi connectivity index (χ2n) is 6.70. The molecule has 2 heterocycles. The Morgan fingerprint density at radius 2 is 2.00 bits per heavy atom. The highest BCUT2D eigenvalue weighted by atomic mass is 35.5. The smallest absolute Gasteiger partial charge is 0.228 e. The van der Waals surface area contributed by atoms with Crippen molar-refractivity contribution in [2.24, 2.45) is 11.3 Å². The van der Waals surface area contributed by atoms with Gasteiger partial charge in [-0.3, -0.25) is 4.79 Å². The Bertz CT molecular complexity index is 340. The fourth-order valence-electron chi connectivity index (χ4n) is 3.35. The minimum absolute atomic E-state index is 0. The van der Waals surface area contributed by atoms with E-state index < -0.39 is 0 Å². The maximum absolute atomic E-state index is 12.5. The maximum atomic E-state index is 12.5. The number of rotatable bonds is 9. The molecule has 0 bridgehead atoms.